The van der Waals surface area contributed by atoms with Gasteiger partial charge in [0.1, 0.15) is 0 Å². The second-order valence-corrected chi connectivity index (χ2v) is 5.16. The van der Waals surface area contributed by atoms with Gasteiger partial charge in [0.05, 0.1) is 16.0 Å². The third kappa shape index (κ3) is 2.18. The molecule has 0 aliphatic carbocycles. The van der Waals surface area contributed by atoms with Crippen LogP contribution < -0.4 is 5.73 Å². The van der Waals surface area contributed by atoms with Gasteiger partial charge in [-0.1, -0.05) is 11.6 Å². The van der Waals surface area contributed by atoms with Crippen LogP contribution in [0.3, 0.4) is 0 Å². The number of carbonyl (C=O) groups is 2. The fraction of sp³-hybridized carbons (Fsp3) is 0.417. The Kier molecular flexibility index (Phi) is 3.26. The van der Waals surface area contributed by atoms with Crippen LogP contribution in [0.15, 0.2) is 18.5 Å². The van der Waals surface area contributed by atoms with Crippen molar-refractivity contribution in [1.82, 2.24) is 9.88 Å². The van der Waals surface area contributed by atoms with E-state index >= 15 is 0 Å². The van der Waals surface area contributed by atoms with E-state index in [1.165, 1.54) is 12.4 Å². The smallest absolute Gasteiger partial charge is 0.256 e. The summed E-state index contributed by atoms with van der Waals surface area (Å²) >= 11 is 5.95. The Bertz CT molecular complexity index is 506. The molecule has 0 saturated carbocycles. The molecule has 1 fully saturated rings. The lowest BCUT2D eigenvalue weighted by atomic mass is 9.89. The van der Waals surface area contributed by atoms with Crippen LogP contribution in [0.5, 0.6) is 0 Å². The molecular formula is C12H14ClN3O2. The highest BCUT2D eigenvalue weighted by Gasteiger charge is 2.41. The summed E-state index contributed by atoms with van der Waals surface area (Å²) in [6, 6.07) is 1.57. The minimum atomic E-state index is -0.648. The third-order valence-electron chi connectivity index (χ3n) is 3.35. The van der Waals surface area contributed by atoms with Gasteiger partial charge in [-0.25, -0.2) is 0 Å². The first kappa shape index (κ1) is 12.8. The molecule has 1 atom stereocenters. The maximum Gasteiger partial charge on any atom is 0.256 e. The molecule has 2 amide bonds. The topological polar surface area (TPSA) is 76.3 Å². The van der Waals surface area contributed by atoms with Gasteiger partial charge in [-0.15, -0.1) is 0 Å². The van der Waals surface area contributed by atoms with E-state index in [2.05, 4.69) is 4.98 Å². The van der Waals surface area contributed by atoms with Crippen molar-refractivity contribution in [1.29, 1.82) is 0 Å². The van der Waals surface area contributed by atoms with Crippen molar-refractivity contribution in [2.24, 2.45) is 11.1 Å². The Labute approximate surface area is 110 Å². The summed E-state index contributed by atoms with van der Waals surface area (Å²) in [4.78, 5) is 29.0. The molecule has 1 aromatic rings. The van der Waals surface area contributed by atoms with E-state index in [1.807, 2.05) is 0 Å². The number of primary amides is 1. The molecule has 1 aromatic heterocycles. The second-order valence-electron chi connectivity index (χ2n) is 4.76. The highest BCUT2D eigenvalue weighted by Crippen LogP contribution is 2.31. The van der Waals surface area contributed by atoms with Crippen LogP contribution in [-0.4, -0.2) is 34.8 Å². The predicted octanol–water partition coefficient (Wildman–Crippen LogP) is 1.07. The molecule has 2 N–H and O–H groups in total. The van der Waals surface area contributed by atoms with Crippen molar-refractivity contribution in [3.63, 3.8) is 0 Å². The van der Waals surface area contributed by atoms with Crippen molar-refractivity contribution >= 4 is 23.4 Å². The lowest BCUT2D eigenvalue weighted by molar-refractivity contribution is -0.126. The molecule has 5 nitrogen and oxygen atoms in total. The Morgan fingerprint density at radius 1 is 1.56 bits per heavy atom. The lowest BCUT2D eigenvalue weighted by Crippen LogP contribution is -2.38. The summed E-state index contributed by atoms with van der Waals surface area (Å²) in [6.07, 6.45) is 3.53. The van der Waals surface area contributed by atoms with Gasteiger partial charge in [0.25, 0.3) is 5.91 Å². The Hall–Kier alpha value is -1.62. The van der Waals surface area contributed by atoms with E-state index in [-0.39, 0.29) is 11.8 Å². The van der Waals surface area contributed by atoms with Crippen LogP contribution in [0.2, 0.25) is 5.02 Å². The average Bonchev–Trinajstić information content (AvgIpc) is 2.73. The molecule has 18 heavy (non-hydrogen) atoms. The van der Waals surface area contributed by atoms with Crippen LogP contribution >= 0.6 is 11.6 Å². The number of halogens is 1. The summed E-state index contributed by atoms with van der Waals surface area (Å²) in [7, 11) is 0. The minimum absolute atomic E-state index is 0.210. The zero-order valence-electron chi connectivity index (χ0n) is 10.0. The molecule has 0 aromatic carbocycles. The monoisotopic (exact) mass is 267 g/mol. The number of nitrogens with zero attached hydrogens (tertiary/aromatic N) is 2. The normalized spacial score (nSPS) is 23.1. The van der Waals surface area contributed by atoms with Crippen LogP contribution in [0.4, 0.5) is 0 Å². The highest BCUT2D eigenvalue weighted by molar-refractivity contribution is 6.33. The van der Waals surface area contributed by atoms with Gasteiger partial charge in [0.15, 0.2) is 0 Å². The number of pyridine rings is 1. The van der Waals surface area contributed by atoms with Gasteiger partial charge in [0.2, 0.25) is 5.91 Å². The molecular weight excluding hydrogens is 254 g/mol. The summed E-state index contributed by atoms with van der Waals surface area (Å²) < 4.78 is 0. The fourth-order valence-electron chi connectivity index (χ4n) is 2.04. The fourth-order valence-corrected chi connectivity index (χ4v) is 2.23. The largest absolute Gasteiger partial charge is 0.369 e. The Morgan fingerprint density at radius 3 is 2.83 bits per heavy atom. The summed E-state index contributed by atoms with van der Waals surface area (Å²) in [6.45, 7) is 2.60. The van der Waals surface area contributed by atoms with E-state index in [9.17, 15) is 9.59 Å². The molecule has 96 valence electrons. The summed E-state index contributed by atoms with van der Waals surface area (Å²) in [5.74, 6) is -0.590. The quantitative estimate of drug-likeness (QED) is 0.871. The third-order valence-corrected chi connectivity index (χ3v) is 3.68. The van der Waals surface area contributed by atoms with Crippen molar-refractivity contribution in [2.75, 3.05) is 13.1 Å². The van der Waals surface area contributed by atoms with Crippen LogP contribution in [0, 0.1) is 5.41 Å². The van der Waals surface area contributed by atoms with Crippen molar-refractivity contribution in [3.05, 3.63) is 29.0 Å². The van der Waals surface area contributed by atoms with Crippen LogP contribution in [-0.2, 0) is 4.79 Å². The zero-order chi connectivity index (χ0) is 13.3. The molecule has 1 unspecified atom stereocenters. The molecule has 2 rings (SSSR count). The summed E-state index contributed by atoms with van der Waals surface area (Å²) in [5, 5.41) is 0.364. The molecule has 0 spiro atoms. The van der Waals surface area contributed by atoms with Gasteiger partial charge in [-0.3, -0.25) is 14.6 Å². The van der Waals surface area contributed by atoms with Gasteiger partial charge in [-0.2, -0.15) is 0 Å². The van der Waals surface area contributed by atoms with E-state index in [0.29, 0.717) is 30.1 Å². The number of aromatic nitrogens is 1. The number of amides is 2. The molecule has 0 radical (unpaired) electrons. The average molecular weight is 268 g/mol. The van der Waals surface area contributed by atoms with Crippen LogP contribution in [0.25, 0.3) is 0 Å². The number of nitrogens with two attached hydrogens (primary N) is 1. The number of rotatable bonds is 2. The van der Waals surface area contributed by atoms with E-state index in [4.69, 9.17) is 17.3 Å². The molecule has 2 heterocycles. The number of hydrogen-bond acceptors (Lipinski definition) is 3. The standard InChI is InChI=1S/C12H14ClN3O2/c1-12(11(14)18)3-5-16(7-12)10(17)8-6-15-4-2-9(8)13/h2,4,6H,3,5,7H2,1H3,(H2,14,18). The first-order valence-corrected chi connectivity index (χ1v) is 6.00. The van der Waals surface area contributed by atoms with E-state index in [1.54, 1.807) is 17.9 Å². The van der Waals surface area contributed by atoms with Crippen molar-refractivity contribution in [3.8, 4) is 0 Å². The molecule has 1 aliphatic heterocycles. The van der Waals surface area contributed by atoms with Crippen molar-refractivity contribution < 1.29 is 9.59 Å². The first-order valence-electron chi connectivity index (χ1n) is 5.63. The van der Waals surface area contributed by atoms with Gasteiger partial charge in [0, 0.05) is 25.5 Å². The SMILES string of the molecule is CC1(C(N)=O)CCN(C(=O)c2cnccc2Cl)C1. The van der Waals surface area contributed by atoms with Gasteiger partial charge in [-0.05, 0) is 19.4 Å². The summed E-state index contributed by atoms with van der Waals surface area (Å²) in [5.41, 5.74) is 5.05. The maximum absolute atomic E-state index is 12.2. The molecule has 1 aliphatic rings. The van der Waals surface area contributed by atoms with E-state index < -0.39 is 5.41 Å². The molecule has 1 saturated heterocycles. The Morgan fingerprint density at radius 2 is 2.28 bits per heavy atom. The highest BCUT2D eigenvalue weighted by atomic mass is 35.5. The predicted molar refractivity (Wildman–Crippen MR) is 67.1 cm³/mol. The van der Waals surface area contributed by atoms with Crippen LogP contribution in [0.1, 0.15) is 23.7 Å². The zero-order valence-corrected chi connectivity index (χ0v) is 10.8. The van der Waals surface area contributed by atoms with Gasteiger partial charge >= 0.3 is 0 Å². The first-order chi connectivity index (χ1) is 8.44. The number of hydrogen-bond donors (Lipinski definition) is 1. The molecule has 0 bridgehead atoms. The van der Waals surface area contributed by atoms with E-state index in [0.717, 1.165) is 0 Å². The lowest BCUT2D eigenvalue weighted by Gasteiger charge is -2.21. The maximum atomic E-state index is 12.2. The minimum Gasteiger partial charge on any atom is -0.369 e. The number of carbonyl (C=O) groups excluding carboxylic acids is 2. The Balaban J connectivity index is 2.18. The second kappa shape index (κ2) is 4.57. The van der Waals surface area contributed by atoms with Crippen molar-refractivity contribution in [2.45, 2.75) is 13.3 Å². The molecule has 6 heteroatoms. The number of likely N-dealkylation sites (tertiary alicyclic amines) is 1. The van der Waals surface area contributed by atoms with Gasteiger partial charge < -0.3 is 10.6 Å².